The van der Waals surface area contributed by atoms with Crippen molar-refractivity contribution in [2.75, 3.05) is 5.32 Å². The summed E-state index contributed by atoms with van der Waals surface area (Å²) in [5.41, 5.74) is 0.923. The minimum absolute atomic E-state index is 0.197. The van der Waals surface area contributed by atoms with E-state index in [9.17, 15) is 9.50 Å². The lowest BCUT2D eigenvalue weighted by atomic mass is 9.93. The van der Waals surface area contributed by atoms with Gasteiger partial charge in [-0.3, -0.25) is 0 Å². The van der Waals surface area contributed by atoms with Crippen molar-refractivity contribution < 1.29 is 9.50 Å². The number of nitrogens with zero attached hydrogens (tertiary/aromatic N) is 4. The summed E-state index contributed by atoms with van der Waals surface area (Å²) in [7, 11) is 0. The molecule has 24 heavy (non-hydrogen) atoms. The number of aromatic nitrogens is 4. The molecule has 3 aromatic rings. The predicted molar refractivity (Wildman–Crippen MR) is 88.5 cm³/mol. The van der Waals surface area contributed by atoms with Crippen molar-refractivity contribution in [3.63, 3.8) is 0 Å². The van der Waals surface area contributed by atoms with E-state index >= 15 is 0 Å². The number of rotatable bonds is 3. The monoisotopic (exact) mass is 327 g/mol. The number of anilines is 1. The molecule has 2 heterocycles. The number of hydrogen-bond acceptors (Lipinski definition) is 5. The third-order valence-electron chi connectivity index (χ3n) is 4.48. The highest BCUT2D eigenvalue weighted by molar-refractivity contribution is 5.87. The molecule has 7 heteroatoms. The lowest BCUT2D eigenvalue weighted by molar-refractivity contribution is 0.126. The van der Waals surface area contributed by atoms with Crippen LogP contribution in [-0.4, -0.2) is 37.0 Å². The zero-order chi connectivity index (χ0) is 16.5. The third kappa shape index (κ3) is 2.71. The van der Waals surface area contributed by atoms with Gasteiger partial charge in [0.1, 0.15) is 23.6 Å². The van der Waals surface area contributed by atoms with Gasteiger partial charge in [-0.2, -0.15) is 5.10 Å². The summed E-state index contributed by atoms with van der Waals surface area (Å²) >= 11 is 0. The van der Waals surface area contributed by atoms with E-state index in [2.05, 4.69) is 20.4 Å². The predicted octanol–water partition coefficient (Wildman–Crippen LogP) is 2.67. The first-order valence-electron chi connectivity index (χ1n) is 8.10. The quantitative estimate of drug-likeness (QED) is 0.773. The molecule has 2 aromatic heterocycles. The Labute approximate surface area is 138 Å². The summed E-state index contributed by atoms with van der Waals surface area (Å²) in [6, 6.07) is 6.74. The summed E-state index contributed by atoms with van der Waals surface area (Å²) in [4.78, 5) is 8.58. The molecule has 1 fully saturated rings. The molecular weight excluding hydrogens is 309 g/mol. The average molecular weight is 327 g/mol. The van der Waals surface area contributed by atoms with E-state index in [1.807, 2.05) is 0 Å². The van der Waals surface area contributed by atoms with Gasteiger partial charge in [0.25, 0.3) is 0 Å². The SMILES string of the molecule is OC1CCC(Nc2ncnc3c2cnn3-c2ccccc2F)CC1. The van der Waals surface area contributed by atoms with Gasteiger partial charge in [-0.25, -0.2) is 19.0 Å². The molecule has 0 atom stereocenters. The van der Waals surface area contributed by atoms with E-state index in [1.165, 1.54) is 17.1 Å². The van der Waals surface area contributed by atoms with Gasteiger partial charge in [-0.1, -0.05) is 12.1 Å². The fourth-order valence-electron chi connectivity index (χ4n) is 3.17. The topological polar surface area (TPSA) is 75.9 Å². The van der Waals surface area contributed by atoms with Crippen molar-refractivity contribution in [3.8, 4) is 5.69 Å². The summed E-state index contributed by atoms with van der Waals surface area (Å²) in [6.45, 7) is 0. The van der Waals surface area contributed by atoms with Crippen LogP contribution in [-0.2, 0) is 0 Å². The molecule has 1 aromatic carbocycles. The van der Waals surface area contributed by atoms with Crippen molar-refractivity contribution in [1.82, 2.24) is 19.7 Å². The van der Waals surface area contributed by atoms with Crippen LogP contribution in [0.5, 0.6) is 0 Å². The Morgan fingerprint density at radius 3 is 2.71 bits per heavy atom. The van der Waals surface area contributed by atoms with Crippen LogP contribution in [0.25, 0.3) is 16.7 Å². The van der Waals surface area contributed by atoms with E-state index in [0.29, 0.717) is 17.2 Å². The number of fused-ring (bicyclic) bond motifs is 1. The molecule has 2 N–H and O–H groups in total. The van der Waals surface area contributed by atoms with Crippen LogP contribution in [0, 0.1) is 5.82 Å². The Kier molecular flexibility index (Phi) is 3.86. The van der Waals surface area contributed by atoms with Crippen molar-refractivity contribution in [2.24, 2.45) is 0 Å². The highest BCUT2D eigenvalue weighted by atomic mass is 19.1. The molecule has 124 valence electrons. The highest BCUT2D eigenvalue weighted by Crippen LogP contribution is 2.26. The van der Waals surface area contributed by atoms with E-state index in [4.69, 9.17) is 0 Å². The number of halogens is 1. The minimum atomic E-state index is -0.350. The van der Waals surface area contributed by atoms with E-state index < -0.39 is 0 Å². The number of hydrogen-bond donors (Lipinski definition) is 2. The Hall–Kier alpha value is -2.54. The molecule has 0 amide bonds. The molecule has 1 saturated carbocycles. The Bertz CT molecular complexity index is 857. The molecular formula is C17H18FN5O. The number of benzene rings is 1. The van der Waals surface area contributed by atoms with Crippen LogP contribution in [0.4, 0.5) is 10.2 Å². The number of aliphatic hydroxyl groups excluding tert-OH is 1. The largest absolute Gasteiger partial charge is 0.393 e. The van der Waals surface area contributed by atoms with Gasteiger partial charge >= 0.3 is 0 Å². The summed E-state index contributed by atoms with van der Waals surface area (Å²) in [5, 5.41) is 18.1. The standard InChI is InChI=1S/C17H18FN5O/c18-14-3-1-2-4-15(14)23-17-13(9-21-23)16(19-10-20-17)22-11-5-7-12(24)8-6-11/h1-4,9-12,24H,5-8H2,(H,19,20,22). The van der Waals surface area contributed by atoms with Crippen molar-refractivity contribution in [3.05, 3.63) is 42.6 Å². The Morgan fingerprint density at radius 2 is 1.92 bits per heavy atom. The van der Waals surface area contributed by atoms with Crippen LogP contribution >= 0.6 is 0 Å². The van der Waals surface area contributed by atoms with Crippen LogP contribution in [0.3, 0.4) is 0 Å². The van der Waals surface area contributed by atoms with Crippen molar-refractivity contribution in [1.29, 1.82) is 0 Å². The second-order valence-corrected chi connectivity index (χ2v) is 6.12. The molecule has 0 aliphatic heterocycles. The van der Waals surface area contributed by atoms with Gasteiger partial charge in [0.05, 0.1) is 17.7 Å². The van der Waals surface area contributed by atoms with Crippen molar-refractivity contribution in [2.45, 2.75) is 37.8 Å². The second kappa shape index (κ2) is 6.16. The average Bonchev–Trinajstić information content (AvgIpc) is 3.02. The van der Waals surface area contributed by atoms with Gasteiger partial charge in [0.15, 0.2) is 5.65 Å². The first kappa shape index (κ1) is 15.0. The maximum absolute atomic E-state index is 14.0. The second-order valence-electron chi connectivity index (χ2n) is 6.12. The van der Waals surface area contributed by atoms with E-state index in [1.54, 1.807) is 24.4 Å². The van der Waals surface area contributed by atoms with Gasteiger partial charge in [0.2, 0.25) is 0 Å². The lowest BCUT2D eigenvalue weighted by Crippen LogP contribution is -2.28. The van der Waals surface area contributed by atoms with Crippen LogP contribution in [0.15, 0.2) is 36.8 Å². The fraction of sp³-hybridized carbons (Fsp3) is 0.353. The molecule has 0 spiro atoms. The van der Waals surface area contributed by atoms with Gasteiger partial charge in [0, 0.05) is 6.04 Å². The molecule has 0 bridgehead atoms. The first-order chi connectivity index (χ1) is 11.7. The lowest BCUT2D eigenvalue weighted by Gasteiger charge is -2.26. The van der Waals surface area contributed by atoms with E-state index in [0.717, 1.165) is 31.1 Å². The summed E-state index contributed by atoms with van der Waals surface area (Å²) in [5.74, 6) is 0.348. The van der Waals surface area contributed by atoms with Crippen LogP contribution < -0.4 is 5.32 Å². The maximum atomic E-state index is 14.0. The van der Waals surface area contributed by atoms with Crippen LogP contribution in [0.1, 0.15) is 25.7 Å². The van der Waals surface area contributed by atoms with Gasteiger partial charge in [-0.05, 0) is 37.8 Å². The zero-order valence-corrected chi connectivity index (χ0v) is 13.1. The van der Waals surface area contributed by atoms with Gasteiger partial charge in [-0.15, -0.1) is 0 Å². The minimum Gasteiger partial charge on any atom is -0.393 e. The maximum Gasteiger partial charge on any atom is 0.168 e. The smallest absolute Gasteiger partial charge is 0.168 e. The van der Waals surface area contributed by atoms with Crippen LogP contribution in [0.2, 0.25) is 0 Å². The normalized spacial score (nSPS) is 21.1. The number of aliphatic hydroxyl groups is 1. The Morgan fingerprint density at radius 1 is 1.12 bits per heavy atom. The van der Waals surface area contributed by atoms with Gasteiger partial charge < -0.3 is 10.4 Å². The zero-order valence-electron chi connectivity index (χ0n) is 13.1. The summed E-state index contributed by atoms with van der Waals surface area (Å²) in [6.07, 6.45) is 6.30. The molecule has 0 saturated heterocycles. The first-order valence-corrected chi connectivity index (χ1v) is 8.10. The number of nitrogens with one attached hydrogen (secondary N) is 1. The third-order valence-corrected chi connectivity index (χ3v) is 4.48. The molecule has 0 radical (unpaired) electrons. The molecule has 0 unspecified atom stereocenters. The fourth-order valence-corrected chi connectivity index (χ4v) is 3.17. The number of para-hydroxylation sites is 1. The Balaban J connectivity index is 1.68. The molecule has 1 aliphatic carbocycles. The molecule has 1 aliphatic rings. The van der Waals surface area contributed by atoms with E-state index in [-0.39, 0.29) is 18.0 Å². The van der Waals surface area contributed by atoms with Crippen molar-refractivity contribution >= 4 is 16.9 Å². The molecule has 6 nitrogen and oxygen atoms in total. The summed E-state index contributed by atoms with van der Waals surface area (Å²) < 4.78 is 15.5. The highest BCUT2D eigenvalue weighted by Gasteiger charge is 2.21. The molecule has 4 rings (SSSR count).